The molecular formula is C21H26F3N3O3. The van der Waals surface area contributed by atoms with E-state index in [-0.39, 0.29) is 29.6 Å². The maximum absolute atomic E-state index is 13.4. The van der Waals surface area contributed by atoms with Crippen molar-refractivity contribution in [2.24, 2.45) is 5.92 Å². The van der Waals surface area contributed by atoms with Crippen molar-refractivity contribution in [3.8, 4) is 0 Å². The molecule has 2 aliphatic heterocycles. The van der Waals surface area contributed by atoms with E-state index in [9.17, 15) is 22.8 Å². The molecule has 1 saturated carbocycles. The second-order valence-corrected chi connectivity index (χ2v) is 8.27. The molecule has 6 nitrogen and oxygen atoms in total. The van der Waals surface area contributed by atoms with Gasteiger partial charge in [0.05, 0.1) is 0 Å². The second-order valence-electron chi connectivity index (χ2n) is 8.27. The Morgan fingerprint density at radius 1 is 0.933 bits per heavy atom. The molecule has 0 radical (unpaired) electrons. The molecule has 1 N–H and O–H groups in total. The van der Waals surface area contributed by atoms with Gasteiger partial charge in [0.2, 0.25) is 5.91 Å². The van der Waals surface area contributed by atoms with Gasteiger partial charge in [-0.05, 0) is 38.5 Å². The Hall–Kier alpha value is -2.29. The number of nitrogens with zero attached hydrogens (tertiary/aromatic N) is 2. The summed E-state index contributed by atoms with van der Waals surface area (Å²) in [5.74, 6) is -3.91. The van der Waals surface area contributed by atoms with E-state index in [0.717, 1.165) is 37.8 Å². The zero-order valence-electron chi connectivity index (χ0n) is 16.7. The molecule has 0 spiro atoms. The molecule has 2 heterocycles. The van der Waals surface area contributed by atoms with Crippen molar-refractivity contribution in [2.75, 3.05) is 31.6 Å². The quantitative estimate of drug-likeness (QED) is 0.751. The van der Waals surface area contributed by atoms with Crippen LogP contribution in [-0.4, -0.2) is 60.1 Å². The van der Waals surface area contributed by atoms with Gasteiger partial charge in [-0.1, -0.05) is 0 Å². The Morgan fingerprint density at radius 3 is 2.07 bits per heavy atom. The number of amides is 3. The lowest BCUT2D eigenvalue weighted by molar-refractivity contribution is -0.141. The second kappa shape index (κ2) is 8.83. The third-order valence-electron chi connectivity index (χ3n) is 6.15. The van der Waals surface area contributed by atoms with E-state index in [1.54, 1.807) is 4.90 Å². The normalized spacial score (nSPS) is 20.8. The highest BCUT2D eigenvalue weighted by atomic mass is 19.2. The van der Waals surface area contributed by atoms with E-state index in [1.165, 1.54) is 0 Å². The first-order chi connectivity index (χ1) is 14.4. The summed E-state index contributed by atoms with van der Waals surface area (Å²) in [6.07, 6.45) is 4.86. The fourth-order valence-electron chi connectivity index (χ4n) is 4.34. The molecule has 30 heavy (non-hydrogen) atoms. The molecule has 0 aromatic heterocycles. The van der Waals surface area contributed by atoms with Crippen molar-refractivity contribution >= 4 is 17.6 Å². The highest BCUT2D eigenvalue weighted by Gasteiger charge is 2.41. The van der Waals surface area contributed by atoms with Crippen LogP contribution in [0.4, 0.5) is 23.7 Å². The molecule has 0 atom stereocenters. The minimum atomic E-state index is -1.57. The smallest absolute Gasteiger partial charge is 0.321 e. The first kappa shape index (κ1) is 21.0. The number of nitrogens with one attached hydrogen (secondary N) is 1. The van der Waals surface area contributed by atoms with Crippen LogP contribution in [0.5, 0.6) is 0 Å². The van der Waals surface area contributed by atoms with Gasteiger partial charge in [0.15, 0.2) is 17.5 Å². The average molecular weight is 425 g/mol. The number of likely N-dealkylation sites (tertiary alicyclic amines) is 1. The van der Waals surface area contributed by atoms with Gasteiger partial charge >= 0.3 is 6.03 Å². The molecule has 3 amide bonds. The summed E-state index contributed by atoms with van der Waals surface area (Å²) >= 11 is 0. The summed E-state index contributed by atoms with van der Waals surface area (Å²) in [5, 5.41) is 2.42. The fourth-order valence-corrected chi connectivity index (χ4v) is 4.34. The molecule has 9 heteroatoms. The molecule has 164 valence electrons. The van der Waals surface area contributed by atoms with Crippen molar-refractivity contribution in [3.63, 3.8) is 0 Å². The van der Waals surface area contributed by atoms with Crippen molar-refractivity contribution in [2.45, 2.75) is 50.6 Å². The number of hydrogen-bond donors (Lipinski definition) is 1. The van der Waals surface area contributed by atoms with Gasteiger partial charge in [-0.15, -0.1) is 0 Å². The molecule has 3 fully saturated rings. The SMILES string of the molecule is O=C(Nc1cc(F)c(F)c(F)c1)N1CCC(N(C(=O)C2CC2)C2CCOCC2)CC1. The van der Waals surface area contributed by atoms with Crippen LogP contribution in [0, 0.1) is 23.4 Å². The van der Waals surface area contributed by atoms with Crippen LogP contribution < -0.4 is 5.32 Å². The van der Waals surface area contributed by atoms with Crippen LogP contribution in [0.1, 0.15) is 38.5 Å². The third-order valence-corrected chi connectivity index (χ3v) is 6.15. The monoisotopic (exact) mass is 425 g/mol. The van der Waals surface area contributed by atoms with Gasteiger partial charge in [0, 0.05) is 62.1 Å². The molecule has 0 bridgehead atoms. The zero-order chi connectivity index (χ0) is 21.3. The Labute approximate surface area is 173 Å². The highest BCUT2D eigenvalue weighted by Crippen LogP contribution is 2.35. The van der Waals surface area contributed by atoms with Crippen LogP contribution in [0.25, 0.3) is 0 Å². The number of carbonyl (C=O) groups excluding carboxylic acids is 2. The van der Waals surface area contributed by atoms with E-state index < -0.39 is 23.5 Å². The molecule has 1 aromatic carbocycles. The van der Waals surface area contributed by atoms with E-state index in [2.05, 4.69) is 10.2 Å². The van der Waals surface area contributed by atoms with Crippen molar-refractivity contribution in [3.05, 3.63) is 29.6 Å². The van der Waals surface area contributed by atoms with E-state index in [1.807, 2.05) is 0 Å². The van der Waals surface area contributed by atoms with Gasteiger partial charge < -0.3 is 19.9 Å². The van der Waals surface area contributed by atoms with Gasteiger partial charge in [-0.25, -0.2) is 18.0 Å². The number of carbonyl (C=O) groups is 2. The summed E-state index contributed by atoms with van der Waals surface area (Å²) < 4.78 is 45.3. The van der Waals surface area contributed by atoms with Crippen molar-refractivity contribution in [1.29, 1.82) is 0 Å². The predicted molar refractivity (Wildman–Crippen MR) is 103 cm³/mol. The molecular weight excluding hydrogens is 399 g/mol. The number of rotatable bonds is 4. The number of benzene rings is 1. The lowest BCUT2D eigenvalue weighted by Crippen LogP contribution is -2.54. The lowest BCUT2D eigenvalue weighted by Gasteiger charge is -2.43. The van der Waals surface area contributed by atoms with Gasteiger partial charge in [0.25, 0.3) is 0 Å². The highest BCUT2D eigenvalue weighted by molar-refractivity contribution is 5.89. The lowest BCUT2D eigenvalue weighted by atomic mass is 9.97. The number of piperidine rings is 1. The first-order valence-corrected chi connectivity index (χ1v) is 10.5. The number of ether oxygens (including phenoxy) is 1. The Balaban J connectivity index is 1.37. The summed E-state index contributed by atoms with van der Waals surface area (Å²) in [7, 11) is 0. The predicted octanol–water partition coefficient (Wildman–Crippen LogP) is 3.52. The largest absolute Gasteiger partial charge is 0.381 e. The number of anilines is 1. The molecule has 4 rings (SSSR count). The van der Waals surface area contributed by atoms with Crippen LogP contribution in [0.2, 0.25) is 0 Å². The van der Waals surface area contributed by atoms with E-state index in [4.69, 9.17) is 4.74 Å². The van der Waals surface area contributed by atoms with Gasteiger partial charge in [-0.2, -0.15) is 0 Å². The topological polar surface area (TPSA) is 61.9 Å². The Bertz CT molecular complexity index is 781. The average Bonchev–Trinajstić information content (AvgIpc) is 3.59. The fraction of sp³-hybridized carbons (Fsp3) is 0.619. The van der Waals surface area contributed by atoms with Crippen molar-refractivity contribution in [1.82, 2.24) is 9.80 Å². The standard InChI is InChI=1S/C21H26F3N3O3/c22-17-11-14(12-18(23)19(17)24)25-21(29)26-7-3-15(4-8-26)27(20(28)13-1-2-13)16-5-9-30-10-6-16/h11-13,15-16H,1-10H2,(H,25,29). The summed E-state index contributed by atoms with van der Waals surface area (Å²) in [6.45, 7) is 2.18. The van der Waals surface area contributed by atoms with Crippen LogP contribution >= 0.6 is 0 Å². The van der Waals surface area contributed by atoms with Crippen molar-refractivity contribution < 1.29 is 27.5 Å². The summed E-state index contributed by atoms with van der Waals surface area (Å²) in [4.78, 5) is 29.0. The maximum atomic E-state index is 13.4. The number of urea groups is 1. The number of halogens is 3. The minimum absolute atomic E-state index is 0.0750. The Kier molecular flexibility index (Phi) is 6.17. The minimum Gasteiger partial charge on any atom is -0.381 e. The molecule has 1 aliphatic carbocycles. The van der Waals surface area contributed by atoms with Crippen LogP contribution in [0.3, 0.4) is 0 Å². The van der Waals surface area contributed by atoms with Crippen LogP contribution in [0.15, 0.2) is 12.1 Å². The summed E-state index contributed by atoms with van der Waals surface area (Å²) in [5.41, 5.74) is -0.133. The molecule has 3 aliphatic rings. The molecule has 0 unspecified atom stereocenters. The van der Waals surface area contributed by atoms with Gasteiger partial charge in [-0.3, -0.25) is 4.79 Å². The zero-order valence-corrected chi connectivity index (χ0v) is 16.7. The first-order valence-electron chi connectivity index (χ1n) is 10.5. The number of hydrogen-bond acceptors (Lipinski definition) is 3. The van der Waals surface area contributed by atoms with E-state index in [0.29, 0.717) is 39.1 Å². The van der Waals surface area contributed by atoms with E-state index >= 15 is 0 Å². The van der Waals surface area contributed by atoms with Crippen LogP contribution in [-0.2, 0) is 9.53 Å². The summed E-state index contributed by atoms with van der Waals surface area (Å²) in [6, 6.07) is 1.27. The molecule has 1 aromatic rings. The third kappa shape index (κ3) is 4.55. The maximum Gasteiger partial charge on any atom is 0.321 e. The molecule has 2 saturated heterocycles. The Morgan fingerprint density at radius 2 is 1.50 bits per heavy atom. The van der Waals surface area contributed by atoms with Gasteiger partial charge in [0.1, 0.15) is 0 Å².